The van der Waals surface area contributed by atoms with Crippen LogP contribution in [0.2, 0.25) is 0 Å². The first-order valence-electron chi connectivity index (χ1n) is 6.97. The number of benzene rings is 2. The Morgan fingerprint density at radius 2 is 1.35 bits per heavy atom. The van der Waals surface area contributed by atoms with E-state index in [4.69, 9.17) is 0 Å². The van der Waals surface area contributed by atoms with Crippen LogP contribution >= 0.6 is 0 Å². The van der Waals surface area contributed by atoms with Crippen LogP contribution < -0.4 is 0 Å². The van der Waals surface area contributed by atoms with Crippen LogP contribution in [0.3, 0.4) is 0 Å². The highest BCUT2D eigenvalue weighted by Gasteiger charge is 2.12. The fraction of sp³-hybridized carbons (Fsp3) is 0.167. The molecule has 2 nitrogen and oxygen atoms in total. The van der Waals surface area contributed by atoms with E-state index in [1.165, 1.54) is 11.1 Å². The third-order valence-electron chi connectivity index (χ3n) is 3.57. The maximum absolute atomic E-state index is 4.19. The SMILES string of the molecule is c1ccc(CC(Cc2ccccc2)n2ccnc2)cc1. The molecule has 1 aromatic heterocycles. The zero-order valence-electron chi connectivity index (χ0n) is 11.4. The van der Waals surface area contributed by atoms with Crippen LogP contribution in [-0.4, -0.2) is 9.55 Å². The second-order valence-electron chi connectivity index (χ2n) is 5.04. The molecule has 2 aromatic carbocycles. The summed E-state index contributed by atoms with van der Waals surface area (Å²) in [6, 6.07) is 21.7. The van der Waals surface area contributed by atoms with Gasteiger partial charge in [0.25, 0.3) is 0 Å². The van der Waals surface area contributed by atoms with E-state index in [9.17, 15) is 0 Å². The molecular weight excluding hydrogens is 244 g/mol. The largest absolute Gasteiger partial charge is 0.334 e. The number of hydrogen-bond acceptors (Lipinski definition) is 1. The predicted octanol–water partition coefficient (Wildman–Crippen LogP) is 3.91. The lowest BCUT2D eigenvalue weighted by atomic mass is 9.99. The van der Waals surface area contributed by atoms with Gasteiger partial charge < -0.3 is 4.57 Å². The Morgan fingerprint density at radius 1 is 0.800 bits per heavy atom. The maximum atomic E-state index is 4.19. The summed E-state index contributed by atoms with van der Waals surface area (Å²) in [6.45, 7) is 0. The van der Waals surface area contributed by atoms with Gasteiger partial charge in [0.1, 0.15) is 0 Å². The van der Waals surface area contributed by atoms with Crippen LogP contribution in [0.1, 0.15) is 17.2 Å². The molecule has 0 saturated carbocycles. The van der Waals surface area contributed by atoms with Crippen molar-refractivity contribution in [2.75, 3.05) is 0 Å². The third kappa shape index (κ3) is 3.15. The minimum atomic E-state index is 0.405. The highest BCUT2D eigenvalue weighted by molar-refractivity contribution is 5.19. The first-order valence-corrected chi connectivity index (χ1v) is 6.97. The van der Waals surface area contributed by atoms with Gasteiger partial charge in [0.2, 0.25) is 0 Å². The van der Waals surface area contributed by atoms with Gasteiger partial charge in [-0.05, 0) is 24.0 Å². The van der Waals surface area contributed by atoms with Crippen LogP contribution in [0.25, 0.3) is 0 Å². The first-order chi connectivity index (χ1) is 9.92. The average Bonchev–Trinajstić information content (AvgIpc) is 3.03. The molecule has 0 N–H and O–H groups in total. The van der Waals surface area contributed by atoms with Crippen molar-refractivity contribution in [2.24, 2.45) is 0 Å². The van der Waals surface area contributed by atoms with E-state index in [1.807, 2.05) is 12.5 Å². The monoisotopic (exact) mass is 262 g/mol. The average molecular weight is 262 g/mol. The molecule has 0 fully saturated rings. The molecule has 0 atom stereocenters. The highest BCUT2D eigenvalue weighted by Crippen LogP contribution is 2.19. The van der Waals surface area contributed by atoms with Crippen molar-refractivity contribution in [3.05, 3.63) is 90.5 Å². The van der Waals surface area contributed by atoms with E-state index >= 15 is 0 Å². The topological polar surface area (TPSA) is 17.8 Å². The van der Waals surface area contributed by atoms with Crippen molar-refractivity contribution in [3.8, 4) is 0 Å². The van der Waals surface area contributed by atoms with Crippen molar-refractivity contribution in [3.63, 3.8) is 0 Å². The molecule has 100 valence electrons. The first kappa shape index (κ1) is 12.7. The Labute approximate surface area is 119 Å². The Balaban J connectivity index is 1.81. The standard InChI is InChI=1S/C18H18N2/c1-3-7-16(8-4-1)13-18(20-12-11-19-15-20)14-17-9-5-2-6-10-17/h1-12,15,18H,13-14H2. The Bertz CT molecular complexity index is 574. The van der Waals surface area contributed by atoms with E-state index in [0.29, 0.717) is 6.04 Å². The van der Waals surface area contributed by atoms with Crippen LogP contribution in [0.5, 0.6) is 0 Å². The summed E-state index contributed by atoms with van der Waals surface area (Å²) in [5, 5.41) is 0. The lowest BCUT2D eigenvalue weighted by Crippen LogP contribution is -2.13. The van der Waals surface area contributed by atoms with Crippen molar-refractivity contribution in [1.29, 1.82) is 0 Å². The number of aromatic nitrogens is 2. The Hall–Kier alpha value is -2.35. The minimum absolute atomic E-state index is 0.405. The molecule has 0 aliphatic heterocycles. The fourth-order valence-corrected chi connectivity index (χ4v) is 2.54. The molecule has 0 saturated heterocycles. The molecule has 2 heteroatoms. The molecule has 0 radical (unpaired) electrons. The molecule has 0 spiro atoms. The van der Waals surface area contributed by atoms with Gasteiger partial charge in [-0.3, -0.25) is 0 Å². The number of nitrogens with zero attached hydrogens (tertiary/aromatic N) is 2. The van der Waals surface area contributed by atoms with Crippen molar-refractivity contribution < 1.29 is 0 Å². The van der Waals surface area contributed by atoms with Crippen molar-refractivity contribution >= 4 is 0 Å². The summed E-state index contributed by atoms with van der Waals surface area (Å²) in [7, 11) is 0. The van der Waals surface area contributed by atoms with Crippen LogP contribution in [0.4, 0.5) is 0 Å². The summed E-state index contributed by atoms with van der Waals surface area (Å²) < 4.78 is 2.21. The molecular formula is C18H18N2. The molecule has 0 unspecified atom stereocenters. The Morgan fingerprint density at radius 3 is 1.80 bits per heavy atom. The quantitative estimate of drug-likeness (QED) is 0.681. The van der Waals surface area contributed by atoms with Gasteiger partial charge in [0.15, 0.2) is 0 Å². The zero-order valence-corrected chi connectivity index (χ0v) is 11.4. The van der Waals surface area contributed by atoms with Crippen molar-refractivity contribution in [1.82, 2.24) is 9.55 Å². The van der Waals surface area contributed by atoms with Crippen molar-refractivity contribution in [2.45, 2.75) is 18.9 Å². The molecule has 0 amide bonds. The molecule has 3 aromatic rings. The van der Waals surface area contributed by atoms with Crippen LogP contribution in [0, 0.1) is 0 Å². The number of imidazole rings is 1. The van der Waals surface area contributed by atoms with E-state index < -0.39 is 0 Å². The normalized spacial score (nSPS) is 10.8. The van der Waals surface area contributed by atoms with Gasteiger partial charge >= 0.3 is 0 Å². The smallest absolute Gasteiger partial charge is 0.0948 e. The van der Waals surface area contributed by atoms with Gasteiger partial charge in [-0.25, -0.2) is 4.98 Å². The van der Waals surface area contributed by atoms with Crippen LogP contribution in [0.15, 0.2) is 79.4 Å². The molecule has 3 rings (SSSR count). The van der Waals surface area contributed by atoms with E-state index in [1.54, 1.807) is 0 Å². The van der Waals surface area contributed by atoms with Gasteiger partial charge in [-0.2, -0.15) is 0 Å². The van der Waals surface area contributed by atoms with Gasteiger partial charge in [0.05, 0.1) is 6.33 Å². The second-order valence-corrected chi connectivity index (χ2v) is 5.04. The fourth-order valence-electron chi connectivity index (χ4n) is 2.54. The summed E-state index contributed by atoms with van der Waals surface area (Å²) in [6.07, 6.45) is 7.86. The van der Waals surface area contributed by atoms with Gasteiger partial charge in [-0.1, -0.05) is 60.7 Å². The van der Waals surface area contributed by atoms with E-state index in [0.717, 1.165) is 12.8 Å². The molecule has 0 aliphatic carbocycles. The molecule has 20 heavy (non-hydrogen) atoms. The van der Waals surface area contributed by atoms with Gasteiger partial charge in [-0.15, -0.1) is 0 Å². The number of rotatable bonds is 5. The van der Waals surface area contributed by atoms with E-state index in [-0.39, 0.29) is 0 Å². The second kappa shape index (κ2) is 6.20. The zero-order chi connectivity index (χ0) is 13.6. The maximum Gasteiger partial charge on any atom is 0.0948 e. The lowest BCUT2D eigenvalue weighted by molar-refractivity contribution is 0.495. The lowest BCUT2D eigenvalue weighted by Gasteiger charge is -2.19. The van der Waals surface area contributed by atoms with E-state index in [2.05, 4.69) is 76.4 Å². The summed E-state index contributed by atoms with van der Waals surface area (Å²) in [5.41, 5.74) is 2.73. The molecule has 1 heterocycles. The third-order valence-corrected chi connectivity index (χ3v) is 3.57. The van der Waals surface area contributed by atoms with Gasteiger partial charge in [0, 0.05) is 18.4 Å². The summed E-state index contributed by atoms with van der Waals surface area (Å²) in [4.78, 5) is 4.19. The summed E-state index contributed by atoms with van der Waals surface area (Å²) >= 11 is 0. The minimum Gasteiger partial charge on any atom is -0.334 e. The Kier molecular flexibility index (Phi) is 3.93. The molecule has 0 aliphatic rings. The predicted molar refractivity (Wildman–Crippen MR) is 81.6 cm³/mol. The molecule has 0 bridgehead atoms. The van der Waals surface area contributed by atoms with Crippen LogP contribution in [-0.2, 0) is 12.8 Å². The highest BCUT2D eigenvalue weighted by atomic mass is 15.0. The summed E-state index contributed by atoms with van der Waals surface area (Å²) in [5.74, 6) is 0. The number of hydrogen-bond donors (Lipinski definition) is 0.